The van der Waals surface area contributed by atoms with Crippen molar-refractivity contribution < 1.29 is 9.53 Å². The van der Waals surface area contributed by atoms with Gasteiger partial charge >= 0.3 is 0 Å². The third-order valence-corrected chi connectivity index (χ3v) is 5.19. The van der Waals surface area contributed by atoms with E-state index >= 15 is 0 Å². The minimum absolute atomic E-state index is 0.0450. The standard InChI is InChI=1S/C19H23N3O2/c1-13-6-2-4-8-16(13)21-18(23)11-22-19-14(10-20-22)12-24-17-9-5-3-7-15(17)19/h3,5,7,9-10,13,16H,2,4,6,8,11-12H2,1H3,(H,21,23)/t13-,16+/m0/s1. The van der Waals surface area contributed by atoms with Crippen LogP contribution in [0.15, 0.2) is 30.5 Å². The van der Waals surface area contributed by atoms with Crippen molar-refractivity contribution >= 4 is 5.91 Å². The van der Waals surface area contributed by atoms with Gasteiger partial charge in [-0.1, -0.05) is 31.9 Å². The molecule has 1 aromatic heterocycles. The number of rotatable bonds is 3. The van der Waals surface area contributed by atoms with Crippen LogP contribution in [0.3, 0.4) is 0 Å². The average molecular weight is 325 g/mol. The normalized spacial score (nSPS) is 22.2. The van der Waals surface area contributed by atoms with Gasteiger partial charge in [-0.25, -0.2) is 0 Å². The summed E-state index contributed by atoms with van der Waals surface area (Å²) in [4.78, 5) is 12.5. The first-order valence-corrected chi connectivity index (χ1v) is 8.78. The second-order valence-corrected chi connectivity index (χ2v) is 6.90. The van der Waals surface area contributed by atoms with Gasteiger partial charge in [0.2, 0.25) is 5.91 Å². The lowest BCUT2D eigenvalue weighted by Crippen LogP contribution is -2.42. The van der Waals surface area contributed by atoms with Crippen molar-refractivity contribution in [2.45, 2.75) is 51.8 Å². The van der Waals surface area contributed by atoms with Crippen LogP contribution < -0.4 is 10.1 Å². The van der Waals surface area contributed by atoms with Crippen LogP contribution in [0.4, 0.5) is 0 Å². The molecule has 1 aromatic carbocycles. The molecule has 0 spiro atoms. The maximum Gasteiger partial charge on any atom is 0.241 e. The molecule has 4 rings (SSSR count). The number of benzene rings is 1. The van der Waals surface area contributed by atoms with Crippen molar-refractivity contribution in [3.05, 3.63) is 36.0 Å². The van der Waals surface area contributed by atoms with Crippen molar-refractivity contribution in [3.8, 4) is 17.0 Å². The highest BCUT2D eigenvalue weighted by Crippen LogP contribution is 2.37. The van der Waals surface area contributed by atoms with Gasteiger partial charge < -0.3 is 10.1 Å². The third kappa shape index (κ3) is 2.79. The fourth-order valence-corrected chi connectivity index (χ4v) is 3.82. The number of hydrogen-bond acceptors (Lipinski definition) is 3. The zero-order valence-corrected chi connectivity index (χ0v) is 14.0. The molecule has 5 nitrogen and oxygen atoms in total. The molecule has 1 aliphatic heterocycles. The molecule has 1 aliphatic carbocycles. The molecular weight excluding hydrogens is 302 g/mol. The number of amides is 1. The maximum absolute atomic E-state index is 12.5. The number of ether oxygens (including phenoxy) is 1. The quantitative estimate of drug-likeness (QED) is 0.943. The van der Waals surface area contributed by atoms with Crippen LogP contribution in [0.2, 0.25) is 0 Å². The Labute approximate surface area is 142 Å². The molecule has 1 fully saturated rings. The fraction of sp³-hybridized carbons (Fsp3) is 0.474. The van der Waals surface area contributed by atoms with Crippen LogP contribution in [0, 0.1) is 5.92 Å². The lowest BCUT2D eigenvalue weighted by molar-refractivity contribution is -0.123. The molecule has 0 saturated heterocycles. The molecule has 1 saturated carbocycles. The molecule has 2 aliphatic rings. The van der Waals surface area contributed by atoms with Gasteiger partial charge in [0.05, 0.1) is 11.9 Å². The number of nitrogens with zero attached hydrogens (tertiary/aromatic N) is 2. The highest BCUT2D eigenvalue weighted by Gasteiger charge is 2.25. The van der Waals surface area contributed by atoms with E-state index in [9.17, 15) is 4.79 Å². The number of carbonyl (C=O) groups excluding carboxylic acids is 1. The van der Waals surface area contributed by atoms with Gasteiger partial charge in [0.1, 0.15) is 18.9 Å². The summed E-state index contributed by atoms with van der Waals surface area (Å²) in [5.74, 6) is 1.46. The van der Waals surface area contributed by atoms with Gasteiger partial charge in [-0.2, -0.15) is 5.10 Å². The van der Waals surface area contributed by atoms with Crippen LogP contribution in [0.25, 0.3) is 11.3 Å². The van der Waals surface area contributed by atoms with Crippen LogP contribution >= 0.6 is 0 Å². The maximum atomic E-state index is 12.5. The summed E-state index contributed by atoms with van der Waals surface area (Å²) in [6, 6.07) is 8.22. The Kier molecular flexibility index (Phi) is 4.00. The second-order valence-electron chi connectivity index (χ2n) is 6.90. The molecule has 1 amide bonds. The molecule has 2 heterocycles. The van der Waals surface area contributed by atoms with Crippen LogP contribution in [-0.4, -0.2) is 21.7 Å². The molecule has 5 heteroatoms. The molecule has 2 aromatic rings. The molecule has 0 radical (unpaired) electrons. The van der Waals surface area contributed by atoms with Crippen LogP contribution in [-0.2, 0) is 17.9 Å². The number of para-hydroxylation sites is 1. The average Bonchev–Trinajstić information content (AvgIpc) is 3.00. The number of aromatic nitrogens is 2. The zero-order valence-electron chi connectivity index (χ0n) is 14.0. The van der Waals surface area contributed by atoms with Gasteiger partial charge in [0.25, 0.3) is 0 Å². The highest BCUT2D eigenvalue weighted by molar-refractivity contribution is 5.78. The van der Waals surface area contributed by atoms with Gasteiger partial charge in [-0.05, 0) is 30.9 Å². The molecular formula is C19H23N3O2. The number of fused-ring (bicyclic) bond motifs is 3. The summed E-state index contributed by atoms with van der Waals surface area (Å²) < 4.78 is 7.55. The molecule has 1 N–H and O–H groups in total. The van der Waals surface area contributed by atoms with Crippen molar-refractivity contribution in [3.63, 3.8) is 0 Å². The monoisotopic (exact) mass is 325 g/mol. The Morgan fingerprint density at radius 1 is 1.33 bits per heavy atom. The highest BCUT2D eigenvalue weighted by atomic mass is 16.5. The van der Waals surface area contributed by atoms with Crippen LogP contribution in [0.5, 0.6) is 5.75 Å². The van der Waals surface area contributed by atoms with E-state index in [0.29, 0.717) is 18.6 Å². The number of carbonyl (C=O) groups is 1. The predicted molar refractivity (Wildman–Crippen MR) is 91.6 cm³/mol. The Bertz CT molecular complexity index is 753. The van der Waals surface area contributed by atoms with E-state index in [0.717, 1.165) is 29.0 Å². The molecule has 0 unspecified atom stereocenters. The van der Waals surface area contributed by atoms with E-state index in [1.165, 1.54) is 19.3 Å². The fourth-order valence-electron chi connectivity index (χ4n) is 3.82. The molecule has 126 valence electrons. The minimum atomic E-state index is 0.0450. The third-order valence-electron chi connectivity index (χ3n) is 5.19. The van der Waals surface area contributed by atoms with Crippen molar-refractivity contribution in [1.29, 1.82) is 0 Å². The van der Waals surface area contributed by atoms with Gasteiger partial charge in [0, 0.05) is 17.2 Å². The van der Waals surface area contributed by atoms with Crippen LogP contribution in [0.1, 0.15) is 38.2 Å². The first kappa shape index (κ1) is 15.2. The van der Waals surface area contributed by atoms with E-state index < -0.39 is 0 Å². The number of hydrogen-bond donors (Lipinski definition) is 1. The van der Waals surface area contributed by atoms with E-state index in [1.807, 2.05) is 30.5 Å². The van der Waals surface area contributed by atoms with E-state index in [2.05, 4.69) is 17.3 Å². The van der Waals surface area contributed by atoms with Gasteiger partial charge in [0.15, 0.2) is 0 Å². The van der Waals surface area contributed by atoms with Crippen molar-refractivity contribution in [2.24, 2.45) is 5.92 Å². The predicted octanol–water partition coefficient (Wildman–Crippen LogP) is 3.14. The molecule has 0 bridgehead atoms. The number of nitrogens with one attached hydrogen (secondary N) is 1. The second kappa shape index (κ2) is 6.30. The Hall–Kier alpha value is -2.30. The van der Waals surface area contributed by atoms with Crippen molar-refractivity contribution in [1.82, 2.24) is 15.1 Å². The Morgan fingerprint density at radius 3 is 3.04 bits per heavy atom. The zero-order chi connectivity index (χ0) is 16.5. The summed E-state index contributed by atoms with van der Waals surface area (Å²) >= 11 is 0. The topological polar surface area (TPSA) is 56.2 Å². The largest absolute Gasteiger partial charge is 0.488 e. The Morgan fingerprint density at radius 2 is 2.17 bits per heavy atom. The summed E-state index contributed by atoms with van der Waals surface area (Å²) in [5, 5.41) is 7.63. The summed E-state index contributed by atoms with van der Waals surface area (Å²) in [5.41, 5.74) is 3.05. The van der Waals surface area contributed by atoms with Gasteiger partial charge in [-0.3, -0.25) is 9.48 Å². The smallest absolute Gasteiger partial charge is 0.241 e. The lowest BCUT2D eigenvalue weighted by Gasteiger charge is -2.29. The summed E-state index contributed by atoms with van der Waals surface area (Å²) in [7, 11) is 0. The molecule has 24 heavy (non-hydrogen) atoms. The van der Waals surface area contributed by atoms with Gasteiger partial charge in [-0.15, -0.1) is 0 Å². The Balaban J connectivity index is 1.52. The molecule has 2 atom stereocenters. The summed E-state index contributed by atoms with van der Waals surface area (Å²) in [6.45, 7) is 2.99. The van der Waals surface area contributed by atoms with E-state index in [4.69, 9.17) is 4.74 Å². The first-order chi connectivity index (χ1) is 11.7. The van der Waals surface area contributed by atoms with E-state index in [1.54, 1.807) is 4.68 Å². The van der Waals surface area contributed by atoms with E-state index in [-0.39, 0.29) is 12.5 Å². The minimum Gasteiger partial charge on any atom is -0.488 e. The summed E-state index contributed by atoms with van der Waals surface area (Å²) in [6.07, 6.45) is 6.57. The van der Waals surface area contributed by atoms with Crippen molar-refractivity contribution in [2.75, 3.05) is 0 Å². The lowest BCUT2D eigenvalue weighted by atomic mass is 9.86. The first-order valence-electron chi connectivity index (χ1n) is 8.78. The SMILES string of the molecule is C[C@H]1CCCC[C@H]1NC(=O)Cn1ncc2c1-c1ccccc1OC2.